The van der Waals surface area contributed by atoms with Crippen LogP contribution in [0.4, 0.5) is 5.13 Å². The quantitative estimate of drug-likeness (QED) is 0.0558. The van der Waals surface area contributed by atoms with E-state index >= 15 is 0 Å². The number of hydrogen-bond acceptors (Lipinski definition) is 11. The molecule has 1 fully saturated rings. The molecule has 15 heteroatoms. The number of hydrogen-bond donors (Lipinski definition) is 2. The molecule has 262 valence electrons. The Hall–Kier alpha value is -5.41. The van der Waals surface area contributed by atoms with Gasteiger partial charge in [0, 0.05) is 11.1 Å². The van der Waals surface area contributed by atoms with E-state index in [0.717, 1.165) is 35.3 Å². The number of thioether (sulfide) groups is 1. The van der Waals surface area contributed by atoms with Crippen molar-refractivity contribution in [3.63, 3.8) is 0 Å². The van der Waals surface area contributed by atoms with Gasteiger partial charge in [0.15, 0.2) is 24.0 Å². The second-order valence-electron chi connectivity index (χ2n) is 12.1. The van der Waals surface area contributed by atoms with Gasteiger partial charge in [-0.25, -0.2) is 9.78 Å². The van der Waals surface area contributed by atoms with Crippen molar-refractivity contribution in [2.45, 2.75) is 43.0 Å². The molecule has 2 aromatic heterocycles. The Morgan fingerprint density at radius 1 is 1.14 bits per heavy atom. The van der Waals surface area contributed by atoms with Crippen LogP contribution in [0, 0.1) is 0 Å². The summed E-state index contributed by atoms with van der Waals surface area (Å²) in [5.41, 5.74) is 8.43. The first kappa shape index (κ1) is 34.1. The molecule has 13 nitrogen and oxygen atoms in total. The molecular formula is C36H36N7O6S2+. The van der Waals surface area contributed by atoms with Gasteiger partial charge in [0.1, 0.15) is 41.7 Å². The molecule has 4 aromatic rings. The molecule has 0 spiro atoms. The molecule has 0 bridgehead atoms. The monoisotopic (exact) mass is 726 g/mol. The molecule has 0 saturated carbocycles. The standard InChI is InChI=1S/C36H35N7O6S2/c1-41-18-26(47-2)19-42(41)17-24-20-50-34-29(39-32(44)28(27-21-51-36(37)38-27)40-49-25-15-9-10-16-25)33(45)43(34)30(24)35(46)48-31(22-11-5-3-6-12-22)23-13-7-4-8-14-23/h3-9,11-15,18-19,21,25,29,31,34H,10,16-17,20H2,1-2H3,(H2-,37,38,39,44)/p+1/t25?,29-,34-/m1/s1. The van der Waals surface area contributed by atoms with Crippen molar-refractivity contribution >= 4 is 51.7 Å². The average molecular weight is 727 g/mol. The molecule has 3 N–H and O–H groups in total. The summed E-state index contributed by atoms with van der Waals surface area (Å²) in [6.07, 6.45) is 8.11. The molecule has 2 aliphatic heterocycles. The largest absolute Gasteiger partial charge is 0.490 e. The van der Waals surface area contributed by atoms with Gasteiger partial charge in [-0.2, -0.15) is 4.68 Å². The van der Waals surface area contributed by atoms with Crippen LogP contribution in [-0.2, 0) is 37.6 Å². The summed E-state index contributed by atoms with van der Waals surface area (Å²) in [5.74, 6) is -0.696. The van der Waals surface area contributed by atoms with Gasteiger partial charge in [-0.1, -0.05) is 71.9 Å². The SMILES string of the molecule is COc1cn(CC2=C(C(=O)OC(c3ccccc3)c3ccccc3)N3C(=O)[C@@H](NC(=O)C(=NOC4C=CCC4)c4csc(N)n4)[C@H]3SC2)[n+](C)c1. The molecule has 1 aliphatic carbocycles. The number of carbonyl (C=O) groups is 3. The Morgan fingerprint density at radius 2 is 1.86 bits per heavy atom. The van der Waals surface area contributed by atoms with E-state index in [1.165, 1.54) is 16.7 Å². The van der Waals surface area contributed by atoms with Crippen LogP contribution in [0.3, 0.4) is 0 Å². The maximum atomic E-state index is 14.4. The fraction of sp³-hybridized carbons (Fsp3) is 0.278. The third-order valence-electron chi connectivity index (χ3n) is 8.77. The van der Waals surface area contributed by atoms with Crippen molar-refractivity contribution in [3.05, 3.63) is 119 Å². The molecule has 3 aliphatic rings. The summed E-state index contributed by atoms with van der Waals surface area (Å²) in [6, 6.07) is 18.0. The zero-order chi connectivity index (χ0) is 35.5. The minimum atomic E-state index is -0.943. The lowest BCUT2D eigenvalue weighted by atomic mass is 10.0. The second kappa shape index (κ2) is 14.8. The number of thiazole rings is 1. The molecule has 0 radical (unpaired) electrons. The molecule has 1 unspecified atom stereocenters. The minimum absolute atomic E-state index is 0.0891. The van der Waals surface area contributed by atoms with Gasteiger partial charge in [-0.05, 0) is 35.6 Å². The molecule has 1 saturated heterocycles. The Labute approximate surface area is 302 Å². The van der Waals surface area contributed by atoms with Crippen molar-refractivity contribution in [1.29, 1.82) is 0 Å². The van der Waals surface area contributed by atoms with Crippen molar-refractivity contribution in [2.24, 2.45) is 12.2 Å². The van der Waals surface area contributed by atoms with Gasteiger partial charge in [-0.3, -0.25) is 14.5 Å². The Bertz CT molecular complexity index is 1990. The molecule has 2 amide bonds. The van der Waals surface area contributed by atoms with Crippen LogP contribution in [-0.4, -0.2) is 68.4 Å². The number of nitrogens with one attached hydrogen (secondary N) is 1. The molecule has 51 heavy (non-hydrogen) atoms. The summed E-state index contributed by atoms with van der Waals surface area (Å²) in [4.78, 5) is 53.5. The summed E-state index contributed by atoms with van der Waals surface area (Å²) < 4.78 is 15.4. The highest BCUT2D eigenvalue weighted by Crippen LogP contribution is 2.42. The van der Waals surface area contributed by atoms with E-state index in [-0.39, 0.29) is 28.3 Å². The summed E-state index contributed by atoms with van der Waals surface area (Å²) in [6.45, 7) is 0.293. The van der Waals surface area contributed by atoms with Crippen LogP contribution in [0.5, 0.6) is 5.75 Å². The van der Waals surface area contributed by atoms with Gasteiger partial charge in [0.2, 0.25) is 11.9 Å². The van der Waals surface area contributed by atoms with Crippen LogP contribution in [0.25, 0.3) is 0 Å². The number of rotatable bonds is 12. The van der Waals surface area contributed by atoms with Crippen LogP contribution < -0.4 is 20.5 Å². The van der Waals surface area contributed by atoms with E-state index in [1.54, 1.807) is 12.5 Å². The van der Waals surface area contributed by atoms with Crippen molar-refractivity contribution in [2.75, 3.05) is 18.6 Å². The number of aromatic nitrogens is 3. The third-order valence-corrected chi connectivity index (χ3v) is 10.8. The maximum Gasteiger partial charge on any atom is 0.356 e. The maximum absolute atomic E-state index is 14.4. The number of ether oxygens (including phenoxy) is 2. The van der Waals surface area contributed by atoms with Gasteiger partial charge in [0.25, 0.3) is 11.8 Å². The van der Waals surface area contributed by atoms with Gasteiger partial charge in [-0.15, -0.1) is 27.8 Å². The number of nitrogens with zero attached hydrogens (tertiary/aromatic N) is 5. The fourth-order valence-electron chi connectivity index (χ4n) is 6.15. The lowest BCUT2D eigenvalue weighted by Gasteiger charge is -2.49. The number of β-lactam (4-membered cyclic amide) rings is 1. The minimum Gasteiger partial charge on any atom is -0.490 e. The molecule has 7 rings (SSSR count). The van der Waals surface area contributed by atoms with E-state index in [4.69, 9.17) is 20.0 Å². The van der Waals surface area contributed by atoms with Crippen molar-refractivity contribution in [3.8, 4) is 5.75 Å². The van der Waals surface area contributed by atoms with Gasteiger partial charge in [0.05, 0.1) is 7.11 Å². The Balaban J connectivity index is 1.18. The zero-order valence-corrected chi connectivity index (χ0v) is 29.5. The van der Waals surface area contributed by atoms with Crippen LogP contribution in [0.2, 0.25) is 0 Å². The van der Waals surface area contributed by atoms with Gasteiger partial charge >= 0.3 is 5.97 Å². The number of fused-ring (bicyclic) bond motifs is 1. The predicted octanol–water partition coefficient (Wildman–Crippen LogP) is 3.49. The Kier molecular flexibility index (Phi) is 9.90. The topological polar surface area (TPSA) is 154 Å². The first-order chi connectivity index (χ1) is 24.8. The zero-order valence-electron chi connectivity index (χ0n) is 27.9. The highest BCUT2D eigenvalue weighted by atomic mass is 32.2. The first-order valence-corrected chi connectivity index (χ1v) is 18.2. The van der Waals surface area contributed by atoms with Crippen molar-refractivity contribution < 1.29 is 33.4 Å². The third kappa shape index (κ3) is 7.12. The molecular weight excluding hydrogens is 691 g/mol. The number of nitrogens with two attached hydrogens (primary N) is 1. The number of anilines is 1. The number of aryl methyl sites for hydroxylation is 1. The van der Waals surface area contributed by atoms with E-state index in [2.05, 4.69) is 15.5 Å². The van der Waals surface area contributed by atoms with Crippen LogP contribution in [0.15, 0.2) is 107 Å². The van der Waals surface area contributed by atoms with E-state index in [9.17, 15) is 14.4 Å². The fourth-order valence-corrected chi connectivity index (χ4v) is 8.03. The lowest BCUT2D eigenvalue weighted by molar-refractivity contribution is -0.752. The van der Waals surface area contributed by atoms with Crippen LogP contribution >= 0.6 is 23.1 Å². The summed E-state index contributed by atoms with van der Waals surface area (Å²) in [5, 5.41) is 8.28. The highest BCUT2D eigenvalue weighted by molar-refractivity contribution is 8.00. The van der Waals surface area contributed by atoms with Crippen molar-refractivity contribution in [1.82, 2.24) is 19.9 Å². The Morgan fingerprint density at radius 3 is 2.47 bits per heavy atom. The number of nitrogen functional groups attached to an aromatic ring is 1. The lowest BCUT2D eigenvalue weighted by Crippen LogP contribution is -2.71. The summed E-state index contributed by atoms with van der Waals surface area (Å²) in [7, 11) is 3.45. The molecule has 2 aromatic carbocycles. The van der Waals surface area contributed by atoms with E-state index < -0.39 is 35.3 Å². The number of amides is 2. The van der Waals surface area contributed by atoms with E-state index in [0.29, 0.717) is 23.6 Å². The number of esters is 1. The number of methoxy groups -OCH3 is 1. The number of carbonyl (C=O) groups excluding carboxylic acids is 3. The normalized spacial score (nSPS) is 19.9. The average Bonchev–Trinajstić information content (AvgIpc) is 3.92. The molecule has 3 atom stereocenters. The molecule has 4 heterocycles. The predicted molar refractivity (Wildman–Crippen MR) is 191 cm³/mol. The number of benzene rings is 2. The highest BCUT2D eigenvalue weighted by Gasteiger charge is 2.55. The number of oxime groups is 1. The van der Waals surface area contributed by atoms with E-state index in [1.807, 2.05) is 102 Å². The van der Waals surface area contributed by atoms with Gasteiger partial charge < -0.3 is 25.4 Å². The summed E-state index contributed by atoms with van der Waals surface area (Å²) >= 11 is 2.61. The first-order valence-electron chi connectivity index (χ1n) is 16.3. The second-order valence-corrected chi connectivity index (χ2v) is 14.1. The smallest absolute Gasteiger partial charge is 0.356 e. The number of allylic oxidation sites excluding steroid dienone is 1. The van der Waals surface area contributed by atoms with Crippen LogP contribution in [0.1, 0.15) is 35.8 Å².